The molecular formula is C12H18N4O. The zero-order chi connectivity index (χ0) is 11.7. The molecule has 17 heavy (non-hydrogen) atoms. The molecule has 3 rings (SSSR count). The Morgan fingerprint density at radius 1 is 1.41 bits per heavy atom. The van der Waals surface area contributed by atoms with Gasteiger partial charge in [-0.2, -0.15) is 4.98 Å². The summed E-state index contributed by atoms with van der Waals surface area (Å²) < 4.78 is 5.85. The summed E-state index contributed by atoms with van der Waals surface area (Å²) in [6, 6.07) is 1.92. The van der Waals surface area contributed by atoms with Crippen molar-refractivity contribution in [3.8, 4) is 0 Å². The highest BCUT2D eigenvalue weighted by Gasteiger charge is 2.32. The van der Waals surface area contributed by atoms with Gasteiger partial charge in [0.25, 0.3) is 0 Å². The molecule has 1 saturated heterocycles. The number of ether oxygens (including phenoxy) is 1. The number of rotatable bonds is 2. The van der Waals surface area contributed by atoms with Gasteiger partial charge in [0, 0.05) is 19.3 Å². The topological polar surface area (TPSA) is 64.3 Å². The Morgan fingerprint density at radius 2 is 2.29 bits per heavy atom. The first-order valence-electron chi connectivity index (χ1n) is 6.28. The first-order valence-corrected chi connectivity index (χ1v) is 6.28. The van der Waals surface area contributed by atoms with Crippen LogP contribution in [0.3, 0.4) is 0 Å². The fraction of sp³-hybridized carbons (Fsp3) is 0.667. The molecule has 1 saturated carbocycles. The highest BCUT2D eigenvalue weighted by atomic mass is 16.5. The second-order valence-electron chi connectivity index (χ2n) is 4.82. The maximum absolute atomic E-state index is 5.85. The van der Waals surface area contributed by atoms with Crippen LogP contribution in [0.4, 0.5) is 11.8 Å². The van der Waals surface area contributed by atoms with Crippen LogP contribution in [0.2, 0.25) is 0 Å². The Morgan fingerprint density at radius 3 is 3.00 bits per heavy atom. The number of hydrogen-bond donors (Lipinski definition) is 1. The maximum Gasteiger partial charge on any atom is 0.221 e. The smallest absolute Gasteiger partial charge is 0.221 e. The van der Waals surface area contributed by atoms with Crippen molar-refractivity contribution in [2.24, 2.45) is 5.92 Å². The fourth-order valence-corrected chi connectivity index (χ4v) is 2.52. The van der Waals surface area contributed by atoms with Crippen molar-refractivity contribution < 1.29 is 4.74 Å². The van der Waals surface area contributed by atoms with E-state index in [-0.39, 0.29) is 0 Å². The van der Waals surface area contributed by atoms with E-state index in [0.717, 1.165) is 31.4 Å². The third-order valence-electron chi connectivity index (χ3n) is 3.75. The number of aromatic nitrogens is 2. The molecule has 5 heteroatoms. The van der Waals surface area contributed by atoms with Gasteiger partial charge in [0.1, 0.15) is 5.82 Å². The SMILES string of the molecule is Nc1nccc(N2CCOC(C3CCC3)C2)n1. The molecule has 0 radical (unpaired) electrons. The summed E-state index contributed by atoms with van der Waals surface area (Å²) >= 11 is 0. The molecule has 2 N–H and O–H groups in total. The maximum atomic E-state index is 5.85. The second kappa shape index (κ2) is 4.49. The van der Waals surface area contributed by atoms with Crippen LogP contribution in [0.25, 0.3) is 0 Å². The van der Waals surface area contributed by atoms with Gasteiger partial charge in [0.05, 0.1) is 12.7 Å². The molecule has 0 amide bonds. The molecule has 92 valence electrons. The number of morpholine rings is 1. The van der Waals surface area contributed by atoms with Gasteiger partial charge in [-0.25, -0.2) is 4.98 Å². The molecule has 5 nitrogen and oxygen atoms in total. The normalized spacial score (nSPS) is 25.6. The molecule has 2 aliphatic rings. The zero-order valence-electron chi connectivity index (χ0n) is 9.88. The van der Waals surface area contributed by atoms with Crippen LogP contribution in [-0.4, -0.2) is 35.8 Å². The van der Waals surface area contributed by atoms with Crippen LogP contribution in [-0.2, 0) is 4.74 Å². The van der Waals surface area contributed by atoms with Crippen LogP contribution in [0.5, 0.6) is 0 Å². The summed E-state index contributed by atoms with van der Waals surface area (Å²) in [7, 11) is 0. The summed E-state index contributed by atoms with van der Waals surface area (Å²) in [5.74, 6) is 2.01. The molecule has 1 aromatic heterocycles. The predicted octanol–water partition coefficient (Wildman–Crippen LogP) is 1.06. The predicted molar refractivity (Wildman–Crippen MR) is 65.7 cm³/mol. The minimum absolute atomic E-state index is 0.342. The Balaban J connectivity index is 1.70. The average molecular weight is 234 g/mol. The van der Waals surface area contributed by atoms with E-state index in [0.29, 0.717) is 12.1 Å². The molecule has 2 heterocycles. The summed E-state index contributed by atoms with van der Waals surface area (Å²) in [5, 5.41) is 0. The summed E-state index contributed by atoms with van der Waals surface area (Å²) in [5.41, 5.74) is 5.62. The number of hydrogen-bond acceptors (Lipinski definition) is 5. The Bertz CT molecular complexity index is 394. The molecule has 2 fully saturated rings. The largest absolute Gasteiger partial charge is 0.374 e. The van der Waals surface area contributed by atoms with E-state index in [1.54, 1.807) is 6.20 Å². The first-order chi connectivity index (χ1) is 8.33. The van der Waals surface area contributed by atoms with Crippen molar-refractivity contribution in [1.82, 2.24) is 9.97 Å². The van der Waals surface area contributed by atoms with Crippen molar-refractivity contribution >= 4 is 11.8 Å². The van der Waals surface area contributed by atoms with Crippen LogP contribution < -0.4 is 10.6 Å². The van der Waals surface area contributed by atoms with Crippen LogP contribution in [0.1, 0.15) is 19.3 Å². The second-order valence-corrected chi connectivity index (χ2v) is 4.82. The molecule has 1 aliphatic heterocycles. The molecule has 1 atom stereocenters. The van der Waals surface area contributed by atoms with Crippen molar-refractivity contribution in [3.05, 3.63) is 12.3 Å². The zero-order valence-corrected chi connectivity index (χ0v) is 9.88. The monoisotopic (exact) mass is 234 g/mol. The first kappa shape index (κ1) is 10.8. The lowest BCUT2D eigenvalue weighted by Gasteiger charge is -2.40. The number of anilines is 2. The summed E-state index contributed by atoms with van der Waals surface area (Å²) in [4.78, 5) is 10.5. The van der Waals surface area contributed by atoms with E-state index in [9.17, 15) is 0 Å². The lowest BCUT2D eigenvalue weighted by Crippen LogP contribution is -2.47. The molecule has 0 spiro atoms. The fourth-order valence-electron chi connectivity index (χ4n) is 2.52. The van der Waals surface area contributed by atoms with Gasteiger partial charge in [0.2, 0.25) is 5.95 Å². The quantitative estimate of drug-likeness (QED) is 0.829. The van der Waals surface area contributed by atoms with Crippen molar-refractivity contribution in [2.45, 2.75) is 25.4 Å². The molecule has 1 unspecified atom stereocenters. The van der Waals surface area contributed by atoms with Crippen LogP contribution in [0.15, 0.2) is 12.3 Å². The van der Waals surface area contributed by atoms with E-state index < -0.39 is 0 Å². The van der Waals surface area contributed by atoms with Gasteiger partial charge in [-0.15, -0.1) is 0 Å². The van der Waals surface area contributed by atoms with E-state index in [2.05, 4.69) is 14.9 Å². The summed E-state index contributed by atoms with van der Waals surface area (Å²) in [6.07, 6.45) is 6.05. The third kappa shape index (κ3) is 2.20. The molecule has 1 aliphatic carbocycles. The number of nitrogens with two attached hydrogens (primary N) is 1. The molecule has 1 aromatic rings. The standard InChI is InChI=1S/C12H18N4O/c13-12-14-5-4-11(15-12)16-6-7-17-10(8-16)9-2-1-3-9/h4-5,9-10H,1-3,6-8H2,(H2,13,14,15). The van der Waals surface area contributed by atoms with Gasteiger partial charge in [0.15, 0.2) is 0 Å². The van der Waals surface area contributed by atoms with Gasteiger partial charge in [-0.05, 0) is 24.8 Å². The number of nitrogens with zero attached hydrogens (tertiary/aromatic N) is 3. The Hall–Kier alpha value is -1.36. The lowest BCUT2D eigenvalue weighted by atomic mass is 9.80. The minimum atomic E-state index is 0.342. The van der Waals surface area contributed by atoms with E-state index >= 15 is 0 Å². The Labute approximate surface area is 101 Å². The van der Waals surface area contributed by atoms with Gasteiger partial charge >= 0.3 is 0 Å². The Kier molecular flexibility index (Phi) is 2.84. The lowest BCUT2D eigenvalue weighted by molar-refractivity contribution is -0.0225. The summed E-state index contributed by atoms with van der Waals surface area (Å²) in [6.45, 7) is 2.60. The molecular weight excluding hydrogens is 216 g/mol. The van der Waals surface area contributed by atoms with Gasteiger partial charge in [-0.1, -0.05) is 6.42 Å². The number of nitrogen functional groups attached to an aromatic ring is 1. The van der Waals surface area contributed by atoms with E-state index in [1.165, 1.54) is 19.3 Å². The van der Waals surface area contributed by atoms with Crippen molar-refractivity contribution in [1.29, 1.82) is 0 Å². The minimum Gasteiger partial charge on any atom is -0.374 e. The molecule has 0 aromatic carbocycles. The van der Waals surface area contributed by atoms with Gasteiger partial charge < -0.3 is 15.4 Å². The highest BCUT2D eigenvalue weighted by molar-refractivity contribution is 5.41. The van der Waals surface area contributed by atoms with Crippen molar-refractivity contribution in [2.75, 3.05) is 30.3 Å². The van der Waals surface area contributed by atoms with Gasteiger partial charge in [-0.3, -0.25) is 0 Å². The average Bonchev–Trinajstić information content (AvgIpc) is 2.27. The van der Waals surface area contributed by atoms with E-state index in [4.69, 9.17) is 10.5 Å². The van der Waals surface area contributed by atoms with Crippen molar-refractivity contribution in [3.63, 3.8) is 0 Å². The van der Waals surface area contributed by atoms with E-state index in [1.807, 2.05) is 6.07 Å². The van der Waals surface area contributed by atoms with Crippen LogP contribution in [0, 0.1) is 5.92 Å². The van der Waals surface area contributed by atoms with Crippen LogP contribution >= 0.6 is 0 Å². The highest BCUT2D eigenvalue weighted by Crippen LogP contribution is 2.33. The molecule has 0 bridgehead atoms. The third-order valence-corrected chi connectivity index (χ3v) is 3.75.